The van der Waals surface area contributed by atoms with Crippen LogP contribution in [0.15, 0.2) is 48.5 Å². The molecule has 1 unspecified atom stereocenters. The highest BCUT2D eigenvalue weighted by atomic mass is 19.1. The molecule has 0 bridgehead atoms. The van der Waals surface area contributed by atoms with E-state index in [0.717, 1.165) is 5.56 Å². The third-order valence-corrected chi connectivity index (χ3v) is 5.52. The van der Waals surface area contributed by atoms with Crippen LogP contribution in [0, 0.1) is 17.1 Å². The maximum Gasteiger partial charge on any atom is 0.173 e. The Balaban J connectivity index is 1.62. The first-order valence-electron chi connectivity index (χ1n) is 10.2. The fourth-order valence-corrected chi connectivity index (χ4v) is 3.98. The number of hydrogen-bond donors (Lipinski definition) is 0. The molecule has 0 amide bonds. The van der Waals surface area contributed by atoms with Gasteiger partial charge >= 0.3 is 0 Å². The maximum absolute atomic E-state index is 14.2. The number of halogens is 1. The molecular formula is C22H24FN7O. The molecule has 0 radical (unpaired) electrons. The highest BCUT2D eigenvalue weighted by Crippen LogP contribution is 2.30. The van der Waals surface area contributed by atoms with Crippen LogP contribution in [0.25, 0.3) is 0 Å². The van der Waals surface area contributed by atoms with Crippen LogP contribution >= 0.6 is 0 Å². The predicted molar refractivity (Wildman–Crippen MR) is 113 cm³/mol. The normalized spacial score (nSPS) is 15.6. The number of para-hydroxylation sites is 1. The predicted octanol–water partition coefficient (Wildman–Crippen LogP) is 2.24. The minimum atomic E-state index is -0.220. The summed E-state index contributed by atoms with van der Waals surface area (Å²) in [7, 11) is 1.64. The molecule has 1 saturated heterocycles. The van der Waals surface area contributed by atoms with Gasteiger partial charge in [-0.2, -0.15) is 5.26 Å². The van der Waals surface area contributed by atoms with Crippen LogP contribution in [0.4, 0.5) is 10.1 Å². The number of hydrogen-bond acceptors (Lipinski definition) is 7. The van der Waals surface area contributed by atoms with E-state index in [9.17, 15) is 9.65 Å². The summed E-state index contributed by atoms with van der Waals surface area (Å²) in [5.74, 6) is 0.490. The van der Waals surface area contributed by atoms with Crippen molar-refractivity contribution in [1.29, 1.82) is 5.26 Å². The van der Waals surface area contributed by atoms with Gasteiger partial charge in [0, 0.05) is 33.3 Å². The fraction of sp³-hybridized carbons (Fsp3) is 0.364. The van der Waals surface area contributed by atoms with Crippen molar-refractivity contribution in [2.24, 2.45) is 0 Å². The van der Waals surface area contributed by atoms with Crippen molar-refractivity contribution in [3.63, 3.8) is 0 Å². The molecule has 2 aromatic carbocycles. The Morgan fingerprint density at radius 2 is 1.94 bits per heavy atom. The molecule has 1 aliphatic heterocycles. The fourth-order valence-electron chi connectivity index (χ4n) is 3.98. The van der Waals surface area contributed by atoms with Crippen molar-refractivity contribution in [2.75, 3.05) is 44.8 Å². The Morgan fingerprint density at radius 3 is 2.68 bits per heavy atom. The summed E-state index contributed by atoms with van der Waals surface area (Å²) in [6.07, 6.45) is 0. The first kappa shape index (κ1) is 20.9. The molecule has 0 saturated carbocycles. The van der Waals surface area contributed by atoms with E-state index in [1.165, 1.54) is 6.07 Å². The smallest absolute Gasteiger partial charge is 0.173 e. The van der Waals surface area contributed by atoms with E-state index in [0.29, 0.717) is 56.4 Å². The lowest BCUT2D eigenvalue weighted by molar-refractivity contribution is 0.171. The zero-order chi connectivity index (χ0) is 21.6. The van der Waals surface area contributed by atoms with Gasteiger partial charge in [-0.3, -0.25) is 4.90 Å². The number of anilines is 1. The van der Waals surface area contributed by atoms with Crippen molar-refractivity contribution < 1.29 is 9.13 Å². The van der Waals surface area contributed by atoms with Gasteiger partial charge in [-0.05, 0) is 40.3 Å². The average Bonchev–Trinajstić information content (AvgIpc) is 3.27. The van der Waals surface area contributed by atoms with Gasteiger partial charge < -0.3 is 9.64 Å². The number of rotatable bonds is 7. The lowest BCUT2D eigenvalue weighted by Crippen LogP contribution is -2.48. The van der Waals surface area contributed by atoms with E-state index in [-0.39, 0.29) is 11.9 Å². The van der Waals surface area contributed by atoms with Gasteiger partial charge in [0.05, 0.1) is 36.5 Å². The van der Waals surface area contributed by atoms with Crippen LogP contribution in [0.5, 0.6) is 0 Å². The third kappa shape index (κ3) is 4.55. The third-order valence-electron chi connectivity index (χ3n) is 5.52. The summed E-state index contributed by atoms with van der Waals surface area (Å²) in [5.41, 5.74) is 2.16. The topological polar surface area (TPSA) is 83.1 Å². The number of aromatic nitrogens is 4. The molecule has 1 atom stereocenters. The molecule has 31 heavy (non-hydrogen) atoms. The van der Waals surface area contributed by atoms with E-state index in [1.807, 2.05) is 30.3 Å². The Bertz CT molecular complexity index is 1060. The summed E-state index contributed by atoms with van der Waals surface area (Å²) in [5, 5.41) is 21.7. The summed E-state index contributed by atoms with van der Waals surface area (Å²) >= 11 is 0. The molecule has 160 valence electrons. The van der Waals surface area contributed by atoms with E-state index in [4.69, 9.17) is 4.74 Å². The number of piperazine rings is 1. The SMILES string of the molecule is COCCn1nnnc1C(c1cccc(C#N)c1)N1CCN(c2ccccc2F)CC1. The van der Waals surface area contributed by atoms with Crippen LogP contribution < -0.4 is 4.90 Å². The lowest BCUT2D eigenvalue weighted by Gasteiger charge is -2.40. The van der Waals surface area contributed by atoms with Crippen LogP contribution in [-0.4, -0.2) is 65.0 Å². The molecule has 0 spiro atoms. The summed E-state index contributed by atoms with van der Waals surface area (Å²) in [6, 6.07) is 16.4. The zero-order valence-electron chi connectivity index (χ0n) is 17.4. The van der Waals surface area contributed by atoms with Crippen LogP contribution in [0.3, 0.4) is 0 Å². The number of methoxy groups -OCH3 is 1. The van der Waals surface area contributed by atoms with Crippen molar-refractivity contribution in [3.05, 3.63) is 71.3 Å². The van der Waals surface area contributed by atoms with Gasteiger partial charge in [0.2, 0.25) is 0 Å². The van der Waals surface area contributed by atoms with Crippen molar-refractivity contribution >= 4 is 5.69 Å². The van der Waals surface area contributed by atoms with Crippen molar-refractivity contribution in [3.8, 4) is 6.07 Å². The first-order valence-corrected chi connectivity index (χ1v) is 10.2. The summed E-state index contributed by atoms with van der Waals surface area (Å²) in [4.78, 5) is 4.34. The molecule has 3 aromatic rings. The minimum Gasteiger partial charge on any atom is -0.383 e. The molecule has 9 heteroatoms. The minimum absolute atomic E-state index is 0.210. The van der Waals surface area contributed by atoms with Crippen molar-refractivity contribution in [2.45, 2.75) is 12.6 Å². The van der Waals surface area contributed by atoms with Crippen molar-refractivity contribution in [1.82, 2.24) is 25.1 Å². The Labute approximate surface area is 180 Å². The molecule has 0 aliphatic carbocycles. The second-order valence-corrected chi connectivity index (χ2v) is 7.37. The van der Waals surface area contributed by atoms with Gasteiger partial charge in [0.1, 0.15) is 5.82 Å². The molecule has 0 N–H and O–H groups in total. The number of benzene rings is 2. The molecule has 1 aliphatic rings. The quantitative estimate of drug-likeness (QED) is 0.579. The summed E-state index contributed by atoms with van der Waals surface area (Å²) < 4.78 is 21.2. The van der Waals surface area contributed by atoms with E-state index >= 15 is 0 Å². The summed E-state index contributed by atoms with van der Waals surface area (Å²) in [6.45, 7) is 3.77. The maximum atomic E-state index is 14.2. The molecule has 4 rings (SSSR count). The van der Waals surface area contributed by atoms with Gasteiger partial charge in [-0.1, -0.05) is 24.3 Å². The largest absolute Gasteiger partial charge is 0.383 e. The number of ether oxygens (including phenoxy) is 1. The van der Waals surface area contributed by atoms with Gasteiger partial charge in [0.15, 0.2) is 5.82 Å². The number of nitrogens with zero attached hydrogens (tertiary/aromatic N) is 7. The Kier molecular flexibility index (Phi) is 6.50. The van der Waals surface area contributed by atoms with E-state index in [1.54, 1.807) is 23.9 Å². The standard InChI is InChI=1S/C22H24FN7O/c1-31-14-13-30-22(25-26-27-30)21(18-6-4-5-17(15-18)16-24)29-11-9-28(10-12-29)20-8-3-2-7-19(20)23/h2-8,15,21H,9-14H2,1H3. The van der Waals surface area contributed by atoms with Crippen LogP contribution in [-0.2, 0) is 11.3 Å². The first-order chi connectivity index (χ1) is 15.2. The number of tetrazole rings is 1. The molecule has 1 fully saturated rings. The second-order valence-electron chi connectivity index (χ2n) is 7.37. The molecule has 2 heterocycles. The Morgan fingerprint density at radius 1 is 1.13 bits per heavy atom. The van der Waals surface area contributed by atoms with Crippen LogP contribution in [0.2, 0.25) is 0 Å². The monoisotopic (exact) mass is 421 g/mol. The van der Waals surface area contributed by atoms with Gasteiger partial charge in [0.25, 0.3) is 0 Å². The molecule has 8 nitrogen and oxygen atoms in total. The number of nitriles is 1. The zero-order valence-corrected chi connectivity index (χ0v) is 17.4. The second kappa shape index (κ2) is 9.64. The highest BCUT2D eigenvalue weighted by molar-refractivity contribution is 5.48. The highest BCUT2D eigenvalue weighted by Gasteiger charge is 2.31. The molecule has 1 aromatic heterocycles. The van der Waals surface area contributed by atoms with Gasteiger partial charge in [-0.15, -0.1) is 5.10 Å². The van der Waals surface area contributed by atoms with Crippen LogP contribution in [0.1, 0.15) is 23.0 Å². The Hall–Kier alpha value is -3.35. The van der Waals surface area contributed by atoms with E-state index in [2.05, 4.69) is 31.4 Å². The average molecular weight is 421 g/mol. The molecular weight excluding hydrogens is 397 g/mol. The van der Waals surface area contributed by atoms with Gasteiger partial charge in [-0.25, -0.2) is 9.07 Å². The van der Waals surface area contributed by atoms with E-state index < -0.39 is 0 Å². The lowest BCUT2D eigenvalue weighted by atomic mass is 10.0.